The van der Waals surface area contributed by atoms with Gasteiger partial charge in [0.15, 0.2) is 11.6 Å². The van der Waals surface area contributed by atoms with Crippen molar-refractivity contribution < 1.29 is 9.90 Å². The third-order valence-corrected chi connectivity index (χ3v) is 3.77. The molecule has 0 radical (unpaired) electrons. The van der Waals surface area contributed by atoms with Gasteiger partial charge in [-0.1, -0.05) is 6.07 Å². The second kappa shape index (κ2) is 6.88. The number of carbonyl (C=O) groups is 1. The van der Waals surface area contributed by atoms with Gasteiger partial charge in [-0.3, -0.25) is 0 Å². The largest absolute Gasteiger partial charge is 0.465 e. The summed E-state index contributed by atoms with van der Waals surface area (Å²) in [5.74, 6) is 1.85. The summed E-state index contributed by atoms with van der Waals surface area (Å²) in [5.41, 5.74) is 0. The van der Waals surface area contributed by atoms with Crippen LogP contribution in [0.4, 0.5) is 10.6 Å². The maximum Gasteiger partial charge on any atom is 0.404 e. The molecule has 23 heavy (non-hydrogen) atoms. The summed E-state index contributed by atoms with van der Waals surface area (Å²) < 4.78 is 1.65. The molecule has 118 valence electrons. The molecule has 3 rings (SSSR count). The zero-order valence-electron chi connectivity index (χ0n) is 12.0. The number of carboxylic acid groups (broad SMARTS) is 1. The van der Waals surface area contributed by atoms with Crippen molar-refractivity contribution in [2.75, 3.05) is 18.4 Å². The standard InChI is InChI=1S/C14H14N6O2S/c21-14(22)16-6-5-15-11-9-12(20-7-2-4-17-20)19-13(18-11)10-3-1-8-23-10/h1-4,7-9,16H,5-6H2,(H,21,22)(H,15,18,19). The second-order valence-electron chi connectivity index (χ2n) is 4.52. The van der Waals surface area contributed by atoms with Gasteiger partial charge in [0.2, 0.25) is 0 Å². The molecular weight excluding hydrogens is 316 g/mol. The van der Waals surface area contributed by atoms with E-state index < -0.39 is 6.09 Å². The summed E-state index contributed by atoms with van der Waals surface area (Å²) in [4.78, 5) is 20.4. The van der Waals surface area contributed by atoms with Crippen LogP contribution >= 0.6 is 11.3 Å². The van der Waals surface area contributed by atoms with Crippen molar-refractivity contribution in [1.29, 1.82) is 0 Å². The van der Waals surface area contributed by atoms with Gasteiger partial charge in [-0.05, 0) is 17.5 Å². The Kier molecular flexibility index (Phi) is 4.48. The predicted molar refractivity (Wildman–Crippen MR) is 87.0 cm³/mol. The van der Waals surface area contributed by atoms with Crippen LogP contribution in [-0.4, -0.2) is 44.0 Å². The molecule has 0 aromatic carbocycles. The van der Waals surface area contributed by atoms with E-state index >= 15 is 0 Å². The van der Waals surface area contributed by atoms with Crippen LogP contribution in [0.3, 0.4) is 0 Å². The molecule has 3 aromatic heterocycles. The van der Waals surface area contributed by atoms with E-state index in [-0.39, 0.29) is 6.54 Å². The number of anilines is 1. The highest BCUT2D eigenvalue weighted by molar-refractivity contribution is 7.13. The number of rotatable bonds is 6. The summed E-state index contributed by atoms with van der Waals surface area (Å²) in [6, 6.07) is 7.47. The van der Waals surface area contributed by atoms with Crippen LogP contribution in [0.25, 0.3) is 16.5 Å². The smallest absolute Gasteiger partial charge is 0.404 e. The highest BCUT2D eigenvalue weighted by Gasteiger charge is 2.09. The number of aromatic nitrogens is 4. The number of thiophene rings is 1. The van der Waals surface area contributed by atoms with Crippen molar-refractivity contribution in [3.63, 3.8) is 0 Å². The maximum absolute atomic E-state index is 10.5. The number of amides is 1. The van der Waals surface area contributed by atoms with E-state index in [1.807, 2.05) is 23.6 Å². The van der Waals surface area contributed by atoms with E-state index in [0.717, 1.165) is 4.88 Å². The molecule has 3 heterocycles. The molecule has 0 atom stereocenters. The van der Waals surface area contributed by atoms with Gasteiger partial charge in [0.05, 0.1) is 4.88 Å². The van der Waals surface area contributed by atoms with E-state index in [1.54, 1.807) is 34.5 Å². The molecule has 0 saturated carbocycles. The fraction of sp³-hybridized carbons (Fsp3) is 0.143. The number of hydrogen-bond donors (Lipinski definition) is 3. The number of nitrogens with zero attached hydrogens (tertiary/aromatic N) is 4. The Balaban J connectivity index is 1.84. The molecule has 0 unspecified atom stereocenters. The van der Waals surface area contributed by atoms with Crippen LogP contribution in [0, 0.1) is 0 Å². The first kappa shape index (κ1) is 15.0. The van der Waals surface area contributed by atoms with Gasteiger partial charge in [-0.25, -0.2) is 19.4 Å². The molecule has 3 aromatic rings. The van der Waals surface area contributed by atoms with Crippen LogP contribution in [0.2, 0.25) is 0 Å². The molecular formula is C14H14N6O2S. The Bertz CT molecular complexity index is 720. The Hall–Kier alpha value is -2.94. The van der Waals surface area contributed by atoms with E-state index in [0.29, 0.717) is 24.0 Å². The first-order valence-electron chi connectivity index (χ1n) is 6.86. The van der Waals surface area contributed by atoms with Crippen molar-refractivity contribution >= 4 is 23.2 Å². The SMILES string of the molecule is O=C(O)NCCNc1cc(-n2cccn2)nc(-c2cccs2)n1. The highest BCUT2D eigenvalue weighted by Crippen LogP contribution is 2.23. The van der Waals surface area contributed by atoms with Crippen molar-refractivity contribution in [2.24, 2.45) is 0 Å². The lowest BCUT2D eigenvalue weighted by Crippen LogP contribution is -2.27. The lowest BCUT2D eigenvalue weighted by atomic mass is 10.4. The Morgan fingerprint density at radius 3 is 2.91 bits per heavy atom. The van der Waals surface area contributed by atoms with E-state index in [9.17, 15) is 4.79 Å². The molecule has 0 saturated heterocycles. The minimum absolute atomic E-state index is 0.283. The van der Waals surface area contributed by atoms with Gasteiger partial charge < -0.3 is 15.7 Å². The Labute approximate surface area is 135 Å². The van der Waals surface area contributed by atoms with E-state index in [4.69, 9.17) is 5.11 Å². The quantitative estimate of drug-likeness (QED) is 0.598. The zero-order chi connectivity index (χ0) is 16.1. The molecule has 0 aliphatic rings. The summed E-state index contributed by atoms with van der Waals surface area (Å²) >= 11 is 1.55. The first-order valence-corrected chi connectivity index (χ1v) is 7.74. The molecule has 9 heteroatoms. The van der Waals surface area contributed by atoms with Crippen molar-refractivity contribution in [3.8, 4) is 16.5 Å². The minimum atomic E-state index is -1.05. The molecule has 1 amide bonds. The molecule has 0 bridgehead atoms. The summed E-state index contributed by atoms with van der Waals surface area (Å²) in [7, 11) is 0. The van der Waals surface area contributed by atoms with Gasteiger partial charge >= 0.3 is 6.09 Å². The Morgan fingerprint density at radius 2 is 2.22 bits per heavy atom. The molecule has 0 spiro atoms. The summed E-state index contributed by atoms with van der Waals surface area (Å²) in [6.07, 6.45) is 2.43. The Morgan fingerprint density at radius 1 is 1.30 bits per heavy atom. The van der Waals surface area contributed by atoms with Crippen molar-refractivity contribution in [1.82, 2.24) is 25.1 Å². The molecule has 0 fully saturated rings. The normalized spacial score (nSPS) is 10.4. The van der Waals surface area contributed by atoms with E-state index in [2.05, 4.69) is 25.7 Å². The summed E-state index contributed by atoms with van der Waals surface area (Å²) in [5, 5.41) is 20.1. The number of hydrogen-bond acceptors (Lipinski definition) is 6. The third-order valence-electron chi connectivity index (χ3n) is 2.90. The van der Waals surface area contributed by atoms with Crippen LogP contribution in [0.15, 0.2) is 42.0 Å². The van der Waals surface area contributed by atoms with Gasteiger partial charge in [0.1, 0.15) is 5.82 Å². The number of nitrogens with one attached hydrogen (secondary N) is 2. The van der Waals surface area contributed by atoms with Crippen LogP contribution in [0.5, 0.6) is 0 Å². The van der Waals surface area contributed by atoms with Crippen molar-refractivity contribution in [3.05, 3.63) is 42.0 Å². The average Bonchev–Trinajstić information content (AvgIpc) is 3.23. The molecule has 3 N–H and O–H groups in total. The minimum Gasteiger partial charge on any atom is -0.465 e. The monoisotopic (exact) mass is 330 g/mol. The van der Waals surface area contributed by atoms with Crippen LogP contribution in [0.1, 0.15) is 0 Å². The van der Waals surface area contributed by atoms with Gasteiger partial charge in [-0.15, -0.1) is 11.3 Å². The zero-order valence-corrected chi connectivity index (χ0v) is 12.8. The molecule has 8 nitrogen and oxygen atoms in total. The van der Waals surface area contributed by atoms with Gasteiger partial charge in [0.25, 0.3) is 0 Å². The first-order chi connectivity index (χ1) is 11.2. The average molecular weight is 330 g/mol. The lowest BCUT2D eigenvalue weighted by molar-refractivity contribution is 0.195. The maximum atomic E-state index is 10.5. The van der Waals surface area contributed by atoms with Crippen LogP contribution < -0.4 is 10.6 Å². The molecule has 0 aliphatic heterocycles. The van der Waals surface area contributed by atoms with Gasteiger partial charge in [-0.2, -0.15) is 5.10 Å². The topological polar surface area (TPSA) is 105 Å². The third kappa shape index (κ3) is 3.83. The van der Waals surface area contributed by atoms with Crippen molar-refractivity contribution in [2.45, 2.75) is 0 Å². The van der Waals surface area contributed by atoms with Gasteiger partial charge in [0, 0.05) is 31.5 Å². The second-order valence-corrected chi connectivity index (χ2v) is 5.47. The fourth-order valence-electron chi connectivity index (χ4n) is 1.92. The predicted octanol–water partition coefficient (Wildman–Crippen LogP) is 2.07. The van der Waals surface area contributed by atoms with E-state index in [1.165, 1.54) is 0 Å². The molecule has 0 aliphatic carbocycles. The highest BCUT2D eigenvalue weighted by atomic mass is 32.1. The fourth-order valence-corrected chi connectivity index (χ4v) is 2.58. The summed E-state index contributed by atoms with van der Waals surface area (Å²) in [6.45, 7) is 0.705. The lowest BCUT2D eigenvalue weighted by Gasteiger charge is -2.09. The van der Waals surface area contributed by atoms with Crippen LogP contribution in [-0.2, 0) is 0 Å².